The van der Waals surface area contributed by atoms with Crippen LogP contribution in [0.5, 0.6) is 11.5 Å². The van der Waals surface area contributed by atoms with E-state index in [-0.39, 0.29) is 23.5 Å². The Bertz CT molecular complexity index is 871. The number of hydrogen-bond donors (Lipinski definition) is 2. The van der Waals surface area contributed by atoms with Crippen LogP contribution in [0, 0.1) is 0 Å². The largest absolute Gasteiger partial charge is 0.495 e. The minimum atomic E-state index is -0.826. The lowest BCUT2D eigenvalue weighted by Crippen LogP contribution is -2.53. The van der Waals surface area contributed by atoms with Gasteiger partial charge in [-0.1, -0.05) is 19.1 Å². The van der Waals surface area contributed by atoms with Crippen LogP contribution in [0.2, 0.25) is 0 Å². The summed E-state index contributed by atoms with van der Waals surface area (Å²) in [6, 6.07) is 9.48. The second-order valence-corrected chi connectivity index (χ2v) is 6.15. The fourth-order valence-electron chi connectivity index (χ4n) is 2.91. The molecular formula is C19H22N4O4. The van der Waals surface area contributed by atoms with Gasteiger partial charge in [0, 0.05) is 0 Å². The topological polar surface area (TPSA) is 107 Å². The number of methoxy groups -OCH3 is 1. The molecule has 3 rings (SSSR count). The predicted molar refractivity (Wildman–Crippen MR) is 102 cm³/mol. The predicted octanol–water partition coefficient (Wildman–Crippen LogP) is 2.20. The van der Waals surface area contributed by atoms with Gasteiger partial charge in [0.1, 0.15) is 17.6 Å². The third kappa shape index (κ3) is 3.51. The Hall–Kier alpha value is -3.29. The summed E-state index contributed by atoms with van der Waals surface area (Å²) in [4.78, 5) is 31.3. The number of para-hydroxylation sites is 2. The minimum Gasteiger partial charge on any atom is -0.495 e. The van der Waals surface area contributed by atoms with Gasteiger partial charge < -0.3 is 20.5 Å². The summed E-state index contributed by atoms with van der Waals surface area (Å²) < 4.78 is 11.0. The first-order valence-electron chi connectivity index (χ1n) is 8.66. The Morgan fingerprint density at radius 1 is 1.37 bits per heavy atom. The Labute approximate surface area is 157 Å². The van der Waals surface area contributed by atoms with Crippen molar-refractivity contribution < 1.29 is 19.1 Å². The lowest BCUT2D eigenvalue weighted by molar-refractivity contribution is -0.129. The van der Waals surface area contributed by atoms with Crippen LogP contribution >= 0.6 is 0 Å². The highest BCUT2D eigenvalue weighted by Gasteiger charge is 2.39. The maximum absolute atomic E-state index is 12.9. The quantitative estimate of drug-likeness (QED) is 0.836. The number of benzene rings is 1. The normalized spacial score (nSPS) is 16.9. The van der Waals surface area contributed by atoms with Gasteiger partial charge in [-0.25, -0.2) is 4.98 Å². The highest BCUT2D eigenvalue weighted by atomic mass is 16.5. The average molecular weight is 370 g/mol. The first kappa shape index (κ1) is 18.5. The number of nitrogen functional groups attached to an aromatic ring is 1. The van der Waals surface area contributed by atoms with Crippen LogP contribution in [0.25, 0.3) is 0 Å². The molecule has 2 aromatic rings. The zero-order valence-corrected chi connectivity index (χ0v) is 15.4. The van der Waals surface area contributed by atoms with Gasteiger partial charge in [-0.05, 0) is 37.6 Å². The smallest absolute Gasteiger partial charge is 0.270 e. The van der Waals surface area contributed by atoms with Crippen LogP contribution < -0.4 is 25.4 Å². The molecule has 1 aliphatic heterocycles. The third-order valence-electron chi connectivity index (χ3n) is 4.37. The number of anilines is 3. The van der Waals surface area contributed by atoms with Crippen LogP contribution in [-0.4, -0.2) is 36.1 Å². The Balaban J connectivity index is 1.92. The standard InChI is InChI=1S/C19H22N4O4/c1-4-13-19(25)23(17-15(27-13)9-10-16(20)22-17)11(2)18(24)21-12-7-5-6-8-14(12)26-3/h5-11,13H,4H2,1-3H3,(H2,20,22)(H,21,24). The number of hydrogen-bond acceptors (Lipinski definition) is 6. The monoisotopic (exact) mass is 370 g/mol. The van der Waals surface area contributed by atoms with Crippen LogP contribution in [-0.2, 0) is 9.59 Å². The van der Waals surface area contributed by atoms with Crippen molar-refractivity contribution in [2.45, 2.75) is 32.4 Å². The highest BCUT2D eigenvalue weighted by Crippen LogP contribution is 2.35. The summed E-state index contributed by atoms with van der Waals surface area (Å²) in [5.41, 5.74) is 6.29. The van der Waals surface area contributed by atoms with E-state index in [1.807, 2.05) is 6.92 Å². The van der Waals surface area contributed by atoms with E-state index < -0.39 is 12.1 Å². The van der Waals surface area contributed by atoms with Gasteiger partial charge >= 0.3 is 0 Å². The second-order valence-electron chi connectivity index (χ2n) is 6.15. The minimum absolute atomic E-state index is 0.238. The maximum atomic E-state index is 12.9. The molecule has 3 N–H and O–H groups in total. The van der Waals surface area contributed by atoms with Crippen molar-refractivity contribution in [1.82, 2.24) is 4.98 Å². The van der Waals surface area contributed by atoms with Crippen LogP contribution in [0.15, 0.2) is 36.4 Å². The van der Waals surface area contributed by atoms with E-state index in [0.717, 1.165) is 0 Å². The molecule has 8 heteroatoms. The molecular weight excluding hydrogens is 348 g/mol. The van der Waals surface area contributed by atoms with Crippen molar-refractivity contribution in [2.75, 3.05) is 23.1 Å². The Morgan fingerprint density at radius 3 is 2.81 bits per heavy atom. The fraction of sp³-hybridized carbons (Fsp3) is 0.316. The number of rotatable bonds is 5. The molecule has 0 aliphatic carbocycles. The summed E-state index contributed by atoms with van der Waals surface area (Å²) in [6.45, 7) is 3.48. The number of carbonyl (C=O) groups excluding carboxylic acids is 2. The van der Waals surface area contributed by atoms with Crippen LogP contribution in [0.1, 0.15) is 20.3 Å². The number of nitrogens with two attached hydrogens (primary N) is 1. The first-order valence-corrected chi connectivity index (χ1v) is 8.66. The summed E-state index contributed by atoms with van der Waals surface area (Å²) >= 11 is 0. The Kier molecular flexibility index (Phi) is 5.16. The molecule has 1 aliphatic rings. The Morgan fingerprint density at radius 2 is 2.11 bits per heavy atom. The highest BCUT2D eigenvalue weighted by molar-refractivity contribution is 6.07. The average Bonchev–Trinajstić information content (AvgIpc) is 2.67. The molecule has 0 saturated heterocycles. The van der Waals surface area contributed by atoms with Gasteiger partial charge in [-0.15, -0.1) is 0 Å². The van der Waals surface area contributed by atoms with Crippen molar-refractivity contribution >= 4 is 29.1 Å². The molecule has 2 amide bonds. The number of carbonyl (C=O) groups is 2. The number of fused-ring (bicyclic) bond motifs is 1. The summed E-state index contributed by atoms with van der Waals surface area (Å²) in [7, 11) is 1.52. The van der Waals surface area contributed by atoms with Crippen molar-refractivity contribution in [1.29, 1.82) is 0 Å². The summed E-state index contributed by atoms with van der Waals surface area (Å²) in [5, 5.41) is 2.80. The molecule has 1 aromatic carbocycles. The van der Waals surface area contributed by atoms with Gasteiger partial charge in [0.05, 0.1) is 12.8 Å². The molecule has 1 aromatic heterocycles. The van der Waals surface area contributed by atoms with Crippen LogP contribution in [0.3, 0.4) is 0 Å². The number of pyridine rings is 1. The van der Waals surface area contributed by atoms with Gasteiger partial charge in [-0.3, -0.25) is 14.5 Å². The number of ether oxygens (including phenoxy) is 2. The van der Waals surface area contributed by atoms with Crippen LogP contribution in [0.4, 0.5) is 17.3 Å². The number of aromatic nitrogens is 1. The molecule has 0 bridgehead atoms. The molecule has 2 heterocycles. The van der Waals surface area contributed by atoms with E-state index in [0.29, 0.717) is 23.6 Å². The van der Waals surface area contributed by atoms with Gasteiger partial charge in [0.15, 0.2) is 17.7 Å². The first-order chi connectivity index (χ1) is 13.0. The third-order valence-corrected chi connectivity index (χ3v) is 4.37. The van der Waals surface area contributed by atoms with Gasteiger partial charge in [-0.2, -0.15) is 0 Å². The number of nitrogens with zero attached hydrogens (tertiary/aromatic N) is 2. The van der Waals surface area contributed by atoms with Gasteiger partial charge in [0.25, 0.3) is 5.91 Å². The molecule has 2 unspecified atom stereocenters. The zero-order chi connectivity index (χ0) is 19.6. The molecule has 8 nitrogen and oxygen atoms in total. The maximum Gasteiger partial charge on any atom is 0.270 e. The van der Waals surface area contributed by atoms with Crippen molar-refractivity contribution in [3.63, 3.8) is 0 Å². The van der Waals surface area contributed by atoms with E-state index in [9.17, 15) is 9.59 Å². The molecule has 0 fully saturated rings. The molecule has 2 atom stereocenters. The molecule has 0 saturated carbocycles. The molecule has 142 valence electrons. The lowest BCUT2D eigenvalue weighted by atomic mass is 10.1. The number of amides is 2. The van der Waals surface area contributed by atoms with E-state index in [4.69, 9.17) is 15.2 Å². The zero-order valence-electron chi connectivity index (χ0n) is 15.4. The fourth-order valence-corrected chi connectivity index (χ4v) is 2.91. The van der Waals surface area contributed by atoms with Gasteiger partial charge in [0.2, 0.25) is 5.91 Å². The van der Waals surface area contributed by atoms with E-state index in [1.54, 1.807) is 43.3 Å². The van der Waals surface area contributed by atoms with E-state index in [2.05, 4.69) is 10.3 Å². The summed E-state index contributed by atoms with van der Waals surface area (Å²) in [6.07, 6.45) is -0.204. The van der Waals surface area contributed by atoms with Crippen molar-refractivity contribution in [3.05, 3.63) is 36.4 Å². The van der Waals surface area contributed by atoms with E-state index >= 15 is 0 Å². The SMILES string of the molecule is CCC1Oc2ccc(N)nc2N(C(C)C(=O)Nc2ccccc2OC)C1=O. The summed E-state index contributed by atoms with van der Waals surface area (Å²) in [5.74, 6) is 0.730. The number of nitrogens with one attached hydrogen (secondary N) is 1. The second kappa shape index (κ2) is 7.53. The molecule has 0 spiro atoms. The van der Waals surface area contributed by atoms with E-state index in [1.165, 1.54) is 12.0 Å². The molecule has 0 radical (unpaired) electrons. The van der Waals surface area contributed by atoms with Crippen molar-refractivity contribution in [2.24, 2.45) is 0 Å². The molecule has 27 heavy (non-hydrogen) atoms. The lowest BCUT2D eigenvalue weighted by Gasteiger charge is -2.36. The van der Waals surface area contributed by atoms with Crippen molar-refractivity contribution in [3.8, 4) is 11.5 Å².